The third-order valence-electron chi connectivity index (χ3n) is 2.63. The lowest BCUT2D eigenvalue weighted by Gasteiger charge is -2.13. The molecule has 80 valence electrons. The number of hydrogen-bond acceptors (Lipinski definition) is 1. The molecule has 2 aromatic rings. The van der Waals surface area contributed by atoms with Gasteiger partial charge in [-0.05, 0) is 29.3 Å². The van der Waals surface area contributed by atoms with Gasteiger partial charge in [0.05, 0.1) is 13.0 Å². The van der Waals surface area contributed by atoms with Crippen LogP contribution in [0.3, 0.4) is 0 Å². The topological polar surface area (TPSA) is 29.1 Å². The Hall–Kier alpha value is -1.83. The highest BCUT2D eigenvalue weighted by Gasteiger charge is 2.06. The van der Waals surface area contributed by atoms with Crippen molar-refractivity contribution < 1.29 is 4.79 Å². The molecule has 0 spiro atoms. The van der Waals surface area contributed by atoms with E-state index in [0.717, 1.165) is 10.9 Å². The second-order valence-electron chi connectivity index (χ2n) is 3.84. The number of hydrogen-bond donors (Lipinski definition) is 1. The van der Waals surface area contributed by atoms with Crippen molar-refractivity contribution in [2.45, 2.75) is 13.0 Å². The molecule has 2 nitrogen and oxygen atoms in total. The number of fused-ring (bicyclic) bond motifs is 1. The van der Waals surface area contributed by atoms with Crippen molar-refractivity contribution in [3.05, 3.63) is 55.0 Å². The molecule has 0 fully saturated rings. The van der Waals surface area contributed by atoms with Gasteiger partial charge in [0.15, 0.2) is 0 Å². The maximum absolute atomic E-state index is 10.8. The Morgan fingerprint density at radius 2 is 1.88 bits per heavy atom. The summed E-state index contributed by atoms with van der Waals surface area (Å²) in [7, 11) is 0. The highest BCUT2D eigenvalue weighted by Crippen LogP contribution is 2.19. The van der Waals surface area contributed by atoms with Crippen LogP contribution in [0.15, 0.2) is 42.5 Å². The first-order chi connectivity index (χ1) is 7.66. The summed E-state index contributed by atoms with van der Waals surface area (Å²) in [5, 5.41) is 5.02. The van der Waals surface area contributed by atoms with Crippen LogP contribution in [0.25, 0.3) is 10.8 Å². The van der Waals surface area contributed by atoms with Gasteiger partial charge in [-0.2, -0.15) is 0 Å². The zero-order valence-electron chi connectivity index (χ0n) is 9.10. The first kappa shape index (κ1) is 10.7. The second-order valence-corrected chi connectivity index (χ2v) is 3.84. The summed E-state index contributed by atoms with van der Waals surface area (Å²) in [6.45, 7) is 7.00. The van der Waals surface area contributed by atoms with Crippen molar-refractivity contribution in [1.82, 2.24) is 5.32 Å². The second kappa shape index (κ2) is 4.35. The van der Waals surface area contributed by atoms with Crippen molar-refractivity contribution in [1.29, 1.82) is 0 Å². The normalized spacial score (nSPS) is 12.4. The molecular formula is C14H13NO. The highest BCUT2D eigenvalue weighted by atomic mass is 16.1. The average Bonchev–Trinajstić information content (AvgIpc) is 2.27. The minimum Gasteiger partial charge on any atom is -0.349 e. The molecule has 1 atom stereocenters. The van der Waals surface area contributed by atoms with E-state index in [1.807, 2.05) is 31.2 Å². The van der Waals surface area contributed by atoms with Crippen LogP contribution in [-0.4, -0.2) is 5.91 Å². The molecule has 2 aromatic carbocycles. The minimum atomic E-state index is -0.499. The van der Waals surface area contributed by atoms with Crippen LogP contribution < -0.4 is 5.32 Å². The summed E-state index contributed by atoms with van der Waals surface area (Å²) in [5.41, 5.74) is 1.05. The van der Waals surface area contributed by atoms with Gasteiger partial charge >= 0.3 is 0 Å². The molecule has 1 N–H and O–H groups in total. The van der Waals surface area contributed by atoms with Crippen LogP contribution in [0.1, 0.15) is 18.5 Å². The van der Waals surface area contributed by atoms with Gasteiger partial charge in [-0.1, -0.05) is 36.4 Å². The Kier molecular flexibility index (Phi) is 2.91. The molecule has 0 aliphatic heterocycles. The van der Waals surface area contributed by atoms with Gasteiger partial charge < -0.3 is 5.32 Å². The quantitative estimate of drug-likeness (QED) is 0.813. The van der Waals surface area contributed by atoms with Crippen LogP contribution in [0.4, 0.5) is 0 Å². The molecule has 0 bridgehead atoms. The fraction of sp³-hybridized carbons (Fsp3) is 0.143. The van der Waals surface area contributed by atoms with Gasteiger partial charge in [-0.25, -0.2) is 0 Å². The Labute approximate surface area is 95.3 Å². The third-order valence-corrected chi connectivity index (χ3v) is 2.63. The summed E-state index contributed by atoms with van der Waals surface area (Å²) in [6, 6.07) is 14.2. The van der Waals surface area contributed by atoms with Gasteiger partial charge in [0, 0.05) is 0 Å². The average molecular weight is 211 g/mol. The van der Waals surface area contributed by atoms with Crippen molar-refractivity contribution in [2.24, 2.45) is 0 Å². The van der Waals surface area contributed by atoms with Gasteiger partial charge in [-0.3, -0.25) is 4.79 Å². The number of amides is 1. The Morgan fingerprint density at radius 1 is 1.19 bits per heavy atom. The van der Waals surface area contributed by atoms with E-state index in [1.165, 1.54) is 5.39 Å². The molecule has 1 amide bonds. The number of rotatable bonds is 2. The lowest BCUT2D eigenvalue weighted by atomic mass is 10.0. The van der Waals surface area contributed by atoms with Crippen LogP contribution in [0.2, 0.25) is 0 Å². The summed E-state index contributed by atoms with van der Waals surface area (Å²) >= 11 is 0. The number of benzene rings is 2. The predicted molar refractivity (Wildman–Crippen MR) is 64.8 cm³/mol. The third kappa shape index (κ3) is 2.22. The van der Waals surface area contributed by atoms with E-state index in [4.69, 9.17) is 6.92 Å². The Bertz CT molecular complexity index is 519. The number of carbonyl (C=O) groups is 1. The summed E-state index contributed by atoms with van der Waals surface area (Å²) < 4.78 is 0. The molecular weight excluding hydrogens is 198 g/mol. The molecule has 0 aromatic heterocycles. The monoisotopic (exact) mass is 211 g/mol. The molecule has 2 rings (SSSR count). The summed E-state index contributed by atoms with van der Waals surface area (Å²) in [4.78, 5) is 10.8. The molecule has 2 radical (unpaired) electrons. The number of carbonyl (C=O) groups excluding carboxylic acids is 1. The van der Waals surface area contributed by atoms with E-state index >= 15 is 0 Å². The summed E-state index contributed by atoms with van der Waals surface area (Å²) in [6.07, 6.45) is 0. The van der Waals surface area contributed by atoms with Crippen molar-refractivity contribution in [3.63, 3.8) is 0 Å². The summed E-state index contributed by atoms with van der Waals surface area (Å²) in [5.74, 6) is -0.499. The van der Waals surface area contributed by atoms with Crippen LogP contribution in [0.5, 0.6) is 0 Å². The van der Waals surface area contributed by atoms with Crippen LogP contribution in [0, 0.1) is 6.92 Å². The van der Waals surface area contributed by atoms with Gasteiger partial charge in [-0.15, -0.1) is 0 Å². The van der Waals surface area contributed by atoms with E-state index in [0.29, 0.717) is 0 Å². The molecule has 0 aliphatic carbocycles. The molecule has 0 heterocycles. The van der Waals surface area contributed by atoms with E-state index in [9.17, 15) is 4.79 Å². The smallest absolute Gasteiger partial charge is 0.225 e. The van der Waals surface area contributed by atoms with E-state index < -0.39 is 5.91 Å². The zero-order chi connectivity index (χ0) is 11.5. The van der Waals surface area contributed by atoms with Crippen molar-refractivity contribution in [2.75, 3.05) is 0 Å². The molecule has 0 saturated carbocycles. The highest BCUT2D eigenvalue weighted by molar-refractivity contribution is 5.84. The van der Waals surface area contributed by atoms with E-state index in [1.54, 1.807) is 0 Å². The van der Waals surface area contributed by atoms with Crippen molar-refractivity contribution >= 4 is 16.7 Å². The van der Waals surface area contributed by atoms with Gasteiger partial charge in [0.1, 0.15) is 0 Å². The first-order valence-corrected chi connectivity index (χ1v) is 5.21. The largest absolute Gasteiger partial charge is 0.349 e. The SMILES string of the molecule is [CH]C(=O)NC(C)c1ccc2ccccc2c1. The molecule has 0 aliphatic rings. The van der Waals surface area contributed by atoms with Gasteiger partial charge in [0.25, 0.3) is 0 Å². The Balaban J connectivity index is 2.35. The minimum absolute atomic E-state index is 0.0675. The standard InChI is InChI=1S/C14H13NO/c1-10(15-11(2)16)13-8-7-12-5-3-4-6-14(12)9-13/h2-10H,1H3,(H,15,16). The predicted octanol–water partition coefficient (Wildman–Crippen LogP) is 2.73. The maximum atomic E-state index is 10.8. The van der Waals surface area contributed by atoms with E-state index in [2.05, 4.69) is 23.5 Å². The van der Waals surface area contributed by atoms with Crippen LogP contribution >= 0.6 is 0 Å². The van der Waals surface area contributed by atoms with E-state index in [-0.39, 0.29) is 6.04 Å². The zero-order valence-corrected chi connectivity index (χ0v) is 9.10. The lowest BCUT2D eigenvalue weighted by Crippen LogP contribution is -2.23. The Morgan fingerprint density at radius 3 is 2.56 bits per heavy atom. The molecule has 0 saturated heterocycles. The molecule has 1 unspecified atom stereocenters. The fourth-order valence-electron chi connectivity index (χ4n) is 1.77. The van der Waals surface area contributed by atoms with Crippen LogP contribution in [-0.2, 0) is 4.79 Å². The maximum Gasteiger partial charge on any atom is 0.225 e. The fourth-order valence-corrected chi connectivity index (χ4v) is 1.77. The lowest BCUT2D eigenvalue weighted by molar-refractivity contribution is -0.117. The first-order valence-electron chi connectivity index (χ1n) is 5.21. The van der Waals surface area contributed by atoms with Gasteiger partial charge in [0.2, 0.25) is 5.91 Å². The molecule has 2 heteroatoms. The van der Waals surface area contributed by atoms with Crippen molar-refractivity contribution in [3.8, 4) is 0 Å². The number of nitrogens with one attached hydrogen (secondary N) is 1. The molecule has 16 heavy (non-hydrogen) atoms.